The van der Waals surface area contributed by atoms with Crippen molar-refractivity contribution in [1.29, 1.82) is 0 Å². The van der Waals surface area contributed by atoms with Crippen molar-refractivity contribution in [3.63, 3.8) is 0 Å². The lowest BCUT2D eigenvalue weighted by Gasteiger charge is -2.41. The highest BCUT2D eigenvalue weighted by atomic mass is 16.2. The molecule has 1 aromatic rings. The first-order valence-corrected chi connectivity index (χ1v) is 7.77. The van der Waals surface area contributed by atoms with Crippen LogP contribution in [-0.4, -0.2) is 68.6 Å². The minimum atomic E-state index is -0.619. The predicted octanol–water partition coefficient (Wildman–Crippen LogP) is 0.669. The van der Waals surface area contributed by atoms with E-state index in [4.69, 9.17) is 0 Å². The lowest BCUT2D eigenvalue weighted by molar-refractivity contribution is -0.134. The van der Waals surface area contributed by atoms with Crippen LogP contribution in [0.3, 0.4) is 0 Å². The summed E-state index contributed by atoms with van der Waals surface area (Å²) >= 11 is 0. The number of urea groups is 1. The van der Waals surface area contributed by atoms with Crippen LogP contribution in [-0.2, 0) is 18.4 Å². The monoisotopic (exact) mass is 305 g/mol. The molecule has 1 spiro atoms. The molecular weight excluding hydrogens is 282 g/mol. The van der Waals surface area contributed by atoms with Gasteiger partial charge in [0.2, 0.25) is 0 Å². The van der Waals surface area contributed by atoms with Crippen molar-refractivity contribution in [3.05, 3.63) is 18.0 Å². The Bertz CT molecular complexity index is 589. The SMILES string of the molecule is CCN1C(=O)N(C)C(=O)C12CCN(Cc1cnn(C)c1)CC2. The lowest BCUT2D eigenvalue weighted by Crippen LogP contribution is -2.56. The second kappa shape index (κ2) is 5.39. The Morgan fingerprint density at radius 1 is 1.23 bits per heavy atom. The molecule has 1 aromatic heterocycles. The number of likely N-dealkylation sites (tertiary alicyclic amines) is 1. The summed E-state index contributed by atoms with van der Waals surface area (Å²) in [4.78, 5) is 30.1. The van der Waals surface area contributed by atoms with Crippen molar-refractivity contribution in [2.24, 2.45) is 7.05 Å². The van der Waals surface area contributed by atoms with Crippen LogP contribution in [0, 0.1) is 0 Å². The number of aryl methyl sites for hydroxylation is 1. The molecule has 0 saturated carbocycles. The highest BCUT2D eigenvalue weighted by Gasteiger charge is 2.56. The Balaban J connectivity index is 1.70. The van der Waals surface area contributed by atoms with Crippen LogP contribution in [0.25, 0.3) is 0 Å². The van der Waals surface area contributed by atoms with Gasteiger partial charge in [-0.1, -0.05) is 0 Å². The summed E-state index contributed by atoms with van der Waals surface area (Å²) < 4.78 is 1.80. The lowest BCUT2D eigenvalue weighted by atomic mass is 9.86. The number of rotatable bonds is 3. The number of piperidine rings is 1. The first kappa shape index (κ1) is 15.0. The van der Waals surface area contributed by atoms with Gasteiger partial charge >= 0.3 is 6.03 Å². The molecule has 2 aliphatic heterocycles. The molecular formula is C15H23N5O2. The molecule has 0 aliphatic carbocycles. The second-order valence-corrected chi connectivity index (χ2v) is 6.22. The fourth-order valence-corrected chi connectivity index (χ4v) is 3.69. The van der Waals surface area contributed by atoms with Crippen LogP contribution in [0.2, 0.25) is 0 Å². The third-order valence-electron chi connectivity index (χ3n) is 4.90. The second-order valence-electron chi connectivity index (χ2n) is 6.22. The van der Waals surface area contributed by atoms with E-state index >= 15 is 0 Å². The third kappa shape index (κ3) is 2.20. The van der Waals surface area contributed by atoms with Crippen molar-refractivity contribution >= 4 is 11.9 Å². The molecule has 2 aliphatic rings. The van der Waals surface area contributed by atoms with E-state index in [2.05, 4.69) is 10.00 Å². The van der Waals surface area contributed by atoms with Crippen molar-refractivity contribution in [3.8, 4) is 0 Å². The molecule has 120 valence electrons. The van der Waals surface area contributed by atoms with Crippen molar-refractivity contribution in [2.45, 2.75) is 31.8 Å². The molecule has 3 heterocycles. The number of nitrogens with zero attached hydrogens (tertiary/aromatic N) is 5. The van der Waals surface area contributed by atoms with Crippen LogP contribution in [0.15, 0.2) is 12.4 Å². The zero-order valence-electron chi connectivity index (χ0n) is 13.4. The van der Waals surface area contributed by atoms with E-state index in [9.17, 15) is 9.59 Å². The molecule has 2 saturated heterocycles. The fourth-order valence-electron chi connectivity index (χ4n) is 3.69. The highest BCUT2D eigenvalue weighted by molar-refractivity contribution is 6.06. The van der Waals surface area contributed by atoms with Gasteiger partial charge in [-0.15, -0.1) is 0 Å². The van der Waals surface area contributed by atoms with E-state index in [0.717, 1.165) is 19.6 Å². The number of aromatic nitrogens is 2. The summed E-state index contributed by atoms with van der Waals surface area (Å²) in [7, 11) is 3.50. The van der Waals surface area contributed by atoms with E-state index in [0.29, 0.717) is 19.4 Å². The summed E-state index contributed by atoms with van der Waals surface area (Å²) in [5, 5.41) is 4.19. The van der Waals surface area contributed by atoms with E-state index in [1.54, 1.807) is 16.6 Å². The number of hydrogen-bond acceptors (Lipinski definition) is 4. The largest absolute Gasteiger partial charge is 0.327 e. The van der Waals surface area contributed by atoms with Gasteiger partial charge in [0.05, 0.1) is 6.20 Å². The van der Waals surface area contributed by atoms with Gasteiger partial charge in [-0.25, -0.2) is 4.79 Å². The first-order valence-electron chi connectivity index (χ1n) is 7.77. The van der Waals surface area contributed by atoms with Crippen molar-refractivity contribution < 1.29 is 9.59 Å². The zero-order chi connectivity index (χ0) is 15.9. The Morgan fingerprint density at radius 2 is 1.91 bits per heavy atom. The maximum atomic E-state index is 12.6. The predicted molar refractivity (Wildman–Crippen MR) is 81.0 cm³/mol. The third-order valence-corrected chi connectivity index (χ3v) is 4.90. The van der Waals surface area contributed by atoms with Crippen LogP contribution in [0.1, 0.15) is 25.3 Å². The smallest absolute Gasteiger partial charge is 0.310 e. The standard InChI is InChI=1S/C15H23N5O2/c1-4-20-14(22)18(3)13(21)15(20)5-7-19(8-6-15)11-12-9-16-17(2)10-12/h9-10H,4-8,11H2,1-3H3. The molecule has 3 amide bonds. The number of likely N-dealkylation sites (N-methyl/N-ethyl adjacent to an activating group) is 2. The van der Waals surface area contributed by atoms with Gasteiger partial charge in [0.1, 0.15) is 5.54 Å². The van der Waals surface area contributed by atoms with Gasteiger partial charge in [0.25, 0.3) is 5.91 Å². The molecule has 0 N–H and O–H groups in total. The Morgan fingerprint density at radius 3 is 2.45 bits per heavy atom. The molecule has 22 heavy (non-hydrogen) atoms. The molecule has 7 nitrogen and oxygen atoms in total. The van der Waals surface area contributed by atoms with Crippen LogP contribution >= 0.6 is 0 Å². The van der Waals surface area contributed by atoms with Crippen molar-refractivity contribution in [2.75, 3.05) is 26.7 Å². The molecule has 0 atom stereocenters. The van der Waals surface area contributed by atoms with Gasteiger partial charge in [-0.3, -0.25) is 19.3 Å². The molecule has 0 radical (unpaired) electrons. The number of hydrogen-bond donors (Lipinski definition) is 0. The number of imide groups is 1. The van der Waals surface area contributed by atoms with E-state index in [1.807, 2.05) is 26.4 Å². The average Bonchev–Trinajstić information content (AvgIpc) is 2.99. The summed E-state index contributed by atoms with van der Waals surface area (Å²) in [6.07, 6.45) is 5.30. The maximum absolute atomic E-state index is 12.6. The van der Waals surface area contributed by atoms with Gasteiger partial charge < -0.3 is 4.90 Å². The molecule has 7 heteroatoms. The number of carbonyl (C=O) groups is 2. The summed E-state index contributed by atoms with van der Waals surface area (Å²) in [6, 6.07) is -0.159. The number of amides is 3. The minimum Gasteiger partial charge on any atom is -0.310 e. The molecule has 0 bridgehead atoms. The molecule has 0 aromatic carbocycles. The van der Waals surface area contributed by atoms with Crippen molar-refractivity contribution in [1.82, 2.24) is 24.5 Å². The van der Waals surface area contributed by atoms with Gasteiger partial charge in [0, 0.05) is 52.0 Å². The molecule has 2 fully saturated rings. The summed E-state index contributed by atoms with van der Waals surface area (Å²) in [5.41, 5.74) is 0.559. The number of carbonyl (C=O) groups excluding carboxylic acids is 2. The topological polar surface area (TPSA) is 61.7 Å². The van der Waals surface area contributed by atoms with Gasteiger partial charge in [-0.2, -0.15) is 5.10 Å². The quantitative estimate of drug-likeness (QED) is 0.770. The highest BCUT2D eigenvalue weighted by Crippen LogP contribution is 2.36. The zero-order valence-corrected chi connectivity index (χ0v) is 13.4. The van der Waals surface area contributed by atoms with Gasteiger partial charge in [0.15, 0.2) is 0 Å². The van der Waals surface area contributed by atoms with E-state index in [1.165, 1.54) is 10.5 Å². The van der Waals surface area contributed by atoms with Crippen LogP contribution in [0.5, 0.6) is 0 Å². The molecule has 3 rings (SSSR count). The average molecular weight is 305 g/mol. The Hall–Kier alpha value is -1.89. The first-order chi connectivity index (χ1) is 10.5. The summed E-state index contributed by atoms with van der Waals surface area (Å²) in [5.74, 6) is -0.0413. The molecule has 0 unspecified atom stereocenters. The van der Waals surface area contributed by atoms with E-state index < -0.39 is 5.54 Å². The van der Waals surface area contributed by atoms with E-state index in [-0.39, 0.29) is 11.9 Å². The Kier molecular flexibility index (Phi) is 3.68. The maximum Gasteiger partial charge on any atom is 0.327 e. The normalized spacial score (nSPS) is 22.1. The Labute approximate surface area is 130 Å². The fraction of sp³-hybridized carbons (Fsp3) is 0.667. The van der Waals surface area contributed by atoms with Gasteiger partial charge in [-0.05, 0) is 19.8 Å². The summed E-state index contributed by atoms with van der Waals surface area (Å²) in [6.45, 7) is 5.00. The van der Waals surface area contributed by atoms with Crippen LogP contribution in [0.4, 0.5) is 4.79 Å². The minimum absolute atomic E-state index is 0.0413. The van der Waals surface area contributed by atoms with Crippen LogP contribution < -0.4 is 0 Å².